The fourth-order valence-corrected chi connectivity index (χ4v) is 4.07. The number of unbranched alkanes of at least 4 members (excludes halogenated alkanes) is 1. The number of hydrogen-bond donors (Lipinski definition) is 1. The van der Waals surface area contributed by atoms with Gasteiger partial charge in [-0.25, -0.2) is 0 Å². The molecule has 1 N–H and O–H groups in total. The SMILES string of the molecule is CCCCNC(=O)[C@H](Cc1ccccc1)N(Cc1cccc(C)c1)C(=O)Cc1ccc(Cl)cc1. The molecule has 34 heavy (non-hydrogen) atoms. The topological polar surface area (TPSA) is 49.4 Å². The van der Waals surface area contributed by atoms with Gasteiger partial charge in [0.05, 0.1) is 6.42 Å². The van der Waals surface area contributed by atoms with Crippen molar-refractivity contribution in [3.05, 3.63) is 106 Å². The largest absolute Gasteiger partial charge is 0.354 e. The average molecular weight is 477 g/mol. The first-order chi connectivity index (χ1) is 16.5. The van der Waals surface area contributed by atoms with Crippen molar-refractivity contribution in [1.82, 2.24) is 10.2 Å². The maximum absolute atomic E-state index is 13.7. The Balaban J connectivity index is 1.93. The molecule has 0 bridgehead atoms. The highest BCUT2D eigenvalue weighted by molar-refractivity contribution is 6.30. The number of hydrogen-bond acceptors (Lipinski definition) is 2. The second-order valence-electron chi connectivity index (χ2n) is 8.66. The van der Waals surface area contributed by atoms with E-state index in [9.17, 15) is 9.59 Å². The lowest BCUT2D eigenvalue weighted by atomic mass is 10.0. The van der Waals surface area contributed by atoms with E-state index in [4.69, 9.17) is 11.6 Å². The molecule has 0 radical (unpaired) electrons. The molecule has 0 aliphatic rings. The highest BCUT2D eigenvalue weighted by atomic mass is 35.5. The Hall–Kier alpha value is -3.11. The van der Waals surface area contributed by atoms with Gasteiger partial charge in [-0.15, -0.1) is 0 Å². The third-order valence-corrected chi connectivity index (χ3v) is 6.06. The van der Waals surface area contributed by atoms with E-state index in [0.717, 1.165) is 35.1 Å². The summed E-state index contributed by atoms with van der Waals surface area (Å²) < 4.78 is 0. The number of rotatable bonds is 11. The minimum absolute atomic E-state index is 0.0876. The lowest BCUT2D eigenvalue weighted by molar-refractivity contribution is -0.140. The molecule has 0 unspecified atom stereocenters. The number of benzene rings is 3. The fraction of sp³-hybridized carbons (Fsp3) is 0.310. The van der Waals surface area contributed by atoms with E-state index in [1.165, 1.54) is 0 Å². The van der Waals surface area contributed by atoms with E-state index in [0.29, 0.717) is 24.5 Å². The van der Waals surface area contributed by atoms with E-state index < -0.39 is 6.04 Å². The van der Waals surface area contributed by atoms with Crippen LogP contribution in [0.25, 0.3) is 0 Å². The van der Waals surface area contributed by atoms with Crippen LogP contribution in [0.15, 0.2) is 78.9 Å². The molecule has 0 fully saturated rings. The number of carbonyl (C=O) groups is 2. The number of aryl methyl sites for hydroxylation is 1. The van der Waals surface area contributed by atoms with Crippen molar-refractivity contribution >= 4 is 23.4 Å². The van der Waals surface area contributed by atoms with Crippen LogP contribution in [0.3, 0.4) is 0 Å². The Labute approximate surface area is 207 Å². The van der Waals surface area contributed by atoms with Gasteiger partial charge in [-0.05, 0) is 42.2 Å². The Kier molecular flexibility index (Phi) is 9.72. The molecule has 0 saturated heterocycles. The predicted octanol–water partition coefficient (Wildman–Crippen LogP) is 5.75. The fourth-order valence-electron chi connectivity index (χ4n) is 3.95. The van der Waals surface area contributed by atoms with Gasteiger partial charge in [0.25, 0.3) is 0 Å². The van der Waals surface area contributed by atoms with Crippen molar-refractivity contribution in [2.75, 3.05) is 6.54 Å². The van der Waals surface area contributed by atoms with Crippen LogP contribution < -0.4 is 5.32 Å². The van der Waals surface area contributed by atoms with Gasteiger partial charge in [0, 0.05) is 24.5 Å². The summed E-state index contributed by atoms with van der Waals surface area (Å²) in [5, 5.41) is 3.69. The van der Waals surface area contributed by atoms with Gasteiger partial charge < -0.3 is 10.2 Å². The summed E-state index contributed by atoms with van der Waals surface area (Å²) in [5.41, 5.74) is 4.01. The number of amides is 2. The minimum Gasteiger partial charge on any atom is -0.354 e. The second-order valence-corrected chi connectivity index (χ2v) is 9.10. The Bertz CT molecular complexity index is 1070. The minimum atomic E-state index is -0.612. The molecule has 2 amide bonds. The molecular formula is C29H33ClN2O2. The molecule has 0 spiro atoms. The predicted molar refractivity (Wildman–Crippen MR) is 139 cm³/mol. The van der Waals surface area contributed by atoms with E-state index in [1.54, 1.807) is 17.0 Å². The molecule has 3 aromatic carbocycles. The van der Waals surface area contributed by atoms with Gasteiger partial charge >= 0.3 is 0 Å². The van der Waals surface area contributed by atoms with Crippen molar-refractivity contribution in [3.8, 4) is 0 Å². The molecule has 0 saturated carbocycles. The molecule has 3 rings (SSSR count). The summed E-state index contributed by atoms with van der Waals surface area (Å²) in [7, 11) is 0. The molecule has 178 valence electrons. The molecule has 0 aliphatic heterocycles. The quantitative estimate of drug-likeness (QED) is 0.358. The summed E-state index contributed by atoms with van der Waals surface area (Å²) in [6.07, 6.45) is 2.56. The summed E-state index contributed by atoms with van der Waals surface area (Å²) >= 11 is 6.03. The van der Waals surface area contributed by atoms with Crippen molar-refractivity contribution in [2.45, 2.75) is 52.1 Å². The van der Waals surface area contributed by atoms with Gasteiger partial charge in [-0.3, -0.25) is 9.59 Å². The molecule has 1 atom stereocenters. The normalized spacial score (nSPS) is 11.6. The van der Waals surface area contributed by atoms with Gasteiger partial charge in [0.15, 0.2) is 0 Å². The molecule has 3 aromatic rings. The van der Waals surface area contributed by atoms with Gasteiger partial charge in [-0.2, -0.15) is 0 Å². The van der Waals surface area contributed by atoms with Gasteiger partial charge in [0.2, 0.25) is 11.8 Å². The molecule has 5 heteroatoms. The Morgan fingerprint density at radius 1 is 0.912 bits per heavy atom. The number of nitrogens with zero attached hydrogens (tertiary/aromatic N) is 1. The molecule has 0 aromatic heterocycles. The van der Waals surface area contributed by atoms with Crippen molar-refractivity contribution < 1.29 is 9.59 Å². The van der Waals surface area contributed by atoms with Crippen LogP contribution >= 0.6 is 11.6 Å². The standard InChI is InChI=1S/C29H33ClN2O2/c1-3-4-17-31-29(34)27(19-23-10-6-5-7-11-23)32(21-25-12-8-9-22(2)18-25)28(33)20-24-13-15-26(30)16-14-24/h5-16,18,27H,3-4,17,19-21H2,1-2H3,(H,31,34)/t27-/m0/s1. The zero-order valence-electron chi connectivity index (χ0n) is 20.0. The summed E-state index contributed by atoms with van der Waals surface area (Å²) in [4.78, 5) is 28.8. The maximum atomic E-state index is 13.7. The lowest BCUT2D eigenvalue weighted by Crippen LogP contribution is -2.51. The van der Waals surface area contributed by atoms with E-state index in [2.05, 4.69) is 18.3 Å². The van der Waals surface area contributed by atoms with Crippen LogP contribution in [-0.2, 0) is 29.0 Å². The number of halogens is 1. The van der Waals surface area contributed by atoms with Crippen LogP contribution in [0, 0.1) is 6.92 Å². The first-order valence-corrected chi connectivity index (χ1v) is 12.2. The smallest absolute Gasteiger partial charge is 0.243 e. The van der Waals surface area contributed by atoms with Crippen LogP contribution in [0.1, 0.15) is 42.0 Å². The summed E-state index contributed by atoms with van der Waals surface area (Å²) in [6.45, 7) is 5.09. The highest BCUT2D eigenvalue weighted by Crippen LogP contribution is 2.18. The first-order valence-electron chi connectivity index (χ1n) is 11.9. The van der Waals surface area contributed by atoms with Crippen LogP contribution in [0.5, 0.6) is 0 Å². The maximum Gasteiger partial charge on any atom is 0.243 e. The number of carbonyl (C=O) groups excluding carboxylic acids is 2. The summed E-state index contributed by atoms with van der Waals surface area (Å²) in [6, 6.07) is 24.6. The lowest BCUT2D eigenvalue weighted by Gasteiger charge is -2.32. The average Bonchev–Trinajstić information content (AvgIpc) is 2.83. The van der Waals surface area contributed by atoms with Gasteiger partial charge in [-0.1, -0.05) is 97.2 Å². The van der Waals surface area contributed by atoms with E-state index in [-0.39, 0.29) is 18.2 Å². The zero-order chi connectivity index (χ0) is 24.3. The van der Waals surface area contributed by atoms with Crippen molar-refractivity contribution in [2.24, 2.45) is 0 Å². The third-order valence-electron chi connectivity index (χ3n) is 5.80. The molecule has 0 aliphatic carbocycles. The summed E-state index contributed by atoms with van der Waals surface area (Å²) in [5.74, 6) is -0.204. The van der Waals surface area contributed by atoms with Crippen LogP contribution in [0.4, 0.5) is 0 Å². The zero-order valence-corrected chi connectivity index (χ0v) is 20.7. The van der Waals surface area contributed by atoms with E-state index >= 15 is 0 Å². The Morgan fingerprint density at radius 3 is 2.29 bits per heavy atom. The second kappa shape index (κ2) is 13.0. The molecular weight excluding hydrogens is 444 g/mol. The highest BCUT2D eigenvalue weighted by Gasteiger charge is 2.30. The van der Waals surface area contributed by atoms with Crippen molar-refractivity contribution in [3.63, 3.8) is 0 Å². The first kappa shape index (κ1) is 25.5. The monoisotopic (exact) mass is 476 g/mol. The molecule has 0 heterocycles. The van der Waals surface area contributed by atoms with Crippen LogP contribution in [-0.4, -0.2) is 29.3 Å². The molecule has 4 nitrogen and oxygen atoms in total. The van der Waals surface area contributed by atoms with E-state index in [1.807, 2.05) is 67.6 Å². The van der Waals surface area contributed by atoms with Crippen LogP contribution in [0.2, 0.25) is 5.02 Å². The van der Waals surface area contributed by atoms with Crippen molar-refractivity contribution in [1.29, 1.82) is 0 Å². The Morgan fingerprint density at radius 2 is 1.62 bits per heavy atom. The van der Waals surface area contributed by atoms with Gasteiger partial charge in [0.1, 0.15) is 6.04 Å². The third kappa shape index (κ3) is 7.74. The number of nitrogens with one attached hydrogen (secondary N) is 1.